The molecule has 76 valence electrons. The van der Waals surface area contributed by atoms with Gasteiger partial charge in [0.1, 0.15) is 6.17 Å². The number of hydrogen-bond acceptors (Lipinski definition) is 3. The smallest absolute Gasteiger partial charge is 0.303 e. The summed E-state index contributed by atoms with van der Waals surface area (Å²) < 4.78 is 13.2. The first kappa shape index (κ1) is 10.4. The molecule has 0 spiro atoms. The van der Waals surface area contributed by atoms with Crippen molar-refractivity contribution < 1.29 is 24.5 Å². The standard InChI is InChI=1S/C8H13FO4/c9-7-4(2-6(11)12)1-5(3-10)8(7)13/h4-5,7-8,10,13H,1-3H2,(H,11,12). The zero-order chi connectivity index (χ0) is 10.0. The average molecular weight is 192 g/mol. The van der Waals surface area contributed by atoms with Crippen LogP contribution in [0, 0.1) is 11.8 Å². The Balaban J connectivity index is 2.55. The largest absolute Gasteiger partial charge is 0.481 e. The fourth-order valence-electron chi connectivity index (χ4n) is 1.80. The number of halogens is 1. The number of alkyl halides is 1. The summed E-state index contributed by atoms with van der Waals surface area (Å²) in [7, 11) is 0. The van der Waals surface area contributed by atoms with Crippen LogP contribution in [0.25, 0.3) is 0 Å². The second kappa shape index (κ2) is 4.02. The van der Waals surface area contributed by atoms with E-state index in [1.807, 2.05) is 0 Å². The van der Waals surface area contributed by atoms with Crippen LogP contribution in [0.15, 0.2) is 0 Å². The number of rotatable bonds is 3. The summed E-state index contributed by atoms with van der Waals surface area (Å²) in [6.45, 7) is -0.294. The number of hydrogen-bond donors (Lipinski definition) is 3. The maximum absolute atomic E-state index is 13.2. The first-order valence-corrected chi connectivity index (χ1v) is 4.21. The minimum Gasteiger partial charge on any atom is -0.481 e. The lowest BCUT2D eigenvalue weighted by molar-refractivity contribution is -0.138. The van der Waals surface area contributed by atoms with E-state index in [2.05, 4.69) is 0 Å². The van der Waals surface area contributed by atoms with Crippen molar-refractivity contribution in [3.05, 3.63) is 0 Å². The van der Waals surface area contributed by atoms with Crippen molar-refractivity contribution in [1.29, 1.82) is 0 Å². The lowest BCUT2D eigenvalue weighted by Crippen LogP contribution is -2.26. The van der Waals surface area contributed by atoms with Crippen LogP contribution in [-0.2, 0) is 4.79 Å². The molecular weight excluding hydrogens is 179 g/mol. The molecule has 0 radical (unpaired) electrons. The van der Waals surface area contributed by atoms with E-state index in [9.17, 15) is 14.3 Å². The van der Waals surface area contributed by atoms with Crippen LogP contribution in [-0.4, -0.2) is 40.2 Å². The molecule has 4 unspecified atom stereocenters. The van der Waals surface area contributed by atoms with Crippen molar-refractivity contribution in [3.8, 4) is 0 Å². The molecule has 0 aliphatic heterocycles. The highest BCUT2D eigenvalue weighted by molar-refractivity contribution is 5.67. The van der Waals surface area contributed by atoms with E-state index < -0.39 is 30.1 Å². The third-order valence-corrected chi connectivity index (χ3v) is 2.54. The normalized spacial score (nSPS) is 39.3. The SMILES string of the molecule is O=C(O)CC1CC(CO)C(O)C1F. The van der Waals surface area contributed by atoms with Crippen molar-refractivity contribution >= 4 is 5.97 Å². The quantitative estimate of drug-likeness (QED) is 0.578. The fraction of sp³-hybridized carbons (Fsp3) is 0.875. The van der Waals surface area contributed by atoms with Gasteiger partial charge in [-0.25, -0.2) is 4.39 Å². The van der Waals surface area contributed by atoms with Crippen LogP contribution in [0.2, 0.25) is 0 Å². The summed E-state index contributed by atoms with van der Waals surface area (Å²) in [5.41, 5.74) is 0. The molecule has 0 aromatic carbocycles. The van der Waals surface area contributed by atoms with Crippen LogP contribution in [0.5, 0.6) is 0 Å². The van der Waals surface area contributed by atoms with Gasteiger partial charge in [-0.1, -0.05) is 0 Å². The molecular formula is C8H13FO4. The molecule has 1 aliphatic carbocycles. The molecule has 0 amide bonds. The summed E-state index contributed by atoms with van der Waals surface area (Å²) in [6.07, 6.45) is -2.78. The van der Waals surface area contributed by atoms with Crippen molar-refractivity contribution in [2.24, 2.45) is 11.8 Å². The number of aliphatic hydroxyl groups excluding tert-OH is 2. The van der Waals surface area contributed by atoms with Crippen LogP contribution in [0.4, 0.5) is 4.39 Å². The molecule has 13 heavy (non-hydrogen) atoms. The Bertz CT molecular complexity index is 197. The molecule has 0 saturated heterocycles. The molecule has 0 aromatic heterocycles. The fourth-order valence-corrected chi connectivity index (χ4v) is 1.80. The third-order valence-electron chi connectivity index (χ3n) is 2.54. The minimum absolute atomic E-state index is 0.241. The highest BCUT2D eigenvalue weighted by Gasteiger charge is 2.43. The Morgan fingerprint density at radius 1 is 1.46 bits per heavy atom. The number of carboxylic acids is 1. The van der Waals surface area contributed by atoms with Gasteiger partial charge in [-0.05, 0) is 6.42 Å². The summed E-state index contributed by atoms with van der Waals surface area (Å²) >= 11 is 0. The van der Waals surface area contributed by atoms with E-state index in [-0.39, 0.29) is 19.4 Å². The molecule has 1 aliphatic rings. The van der Waals surface area contributed by atoms with Crippen molar-refractivity contribution in [2.45, 2.75) is 25.1 Å². The van der Waals surface area contributed by atoms with Crippen molar-refractivity contribution in [1.82, 2.24) is 0 Å². The zero-order valence-electron chi connectivity index (χ0n) is 7.06. The van der Waals surface area contributed by atoms with Gasteiger partial charge >= 0.3 is 5.97 Å². The first-order valence-electron chi connectivity index (χ1n) is 4.21. The molecule has 1 saturated carbocycles. The van der Waals surface area contributed by atoms with E-state index >= 15 is 0 Å². The third kappa shape index (κ3) is 2.16. The van der Waals surface area contributed by atoms with Gasteiger partial charge in [0.15, 0.2) is 0 Å². The van der Waals surface area contributed by atoms with E-state index in [0.717, 1.165) is 0 Å². The van der Waals surface area contributed by atoms with Crippen LogP contribution >= 0.6 is 0 Å². The number of aliphatic carboxylic acids is 1. The Hall–Kier alpha value is -0.680. The monoisotopic (exact) mass is 192 g/mol. The average Bonchev–Trinajstić information content (AvgIpc) is 2.32. The Labute approximate surface area is 75.0 Å². The van der Waals surface area contributed by atoms with E-state index in [1.165, 1.54) is 0 Å². The van der Waals surface area contributed by atoms with Crippen LogP contribution in [0.1, 0.15) is 12.8 Å². The Morgan fingerprint density at radius 3 is 2.46 bits per heavy atom. The zero-order valence-corrected chi connectivity index (χ0v) is 7.06. The molecule has 5 heteroatoms. The van der Waals surface area contributed by atoms with E-state index in [4.69, 9.17) is 10.2 Å². The molecule has 4 nitrogen and oxygen atoms in total. The molecule has 0 bridgehead atoms. The summed E-state index contributed by atoms with van der Waals surface area (Å²) in [6, 6.07) is 0. The highest BCUT2D eigenvalue weighted by atomic mass is 19.1. The lowest BCUT2D eigenvalue weighted by atomic mass is 10.0. The predicted molar refractivity (Wildman–Crippen MR) is 41.8 cm³/mol. The van der Waals surface area contributed by atoms with Gasteiger partial charge < -0.3 is 15.3 Å². The number of carbonyl (C=O) groups is 1. The van der Waals surface area contributed by atoms with Gasteiger partial charge in [0.25, 0.3) is 0 Å². The first-order chi connectivity index (χ1) is 6.06. The van der Waals surface area contributed by atoms with Crippen LogP contribution in [0.3, 0.4) is 0 Å². The lowest BCUT2D eigenvalue weighted by Gasteiger charge is -2.12. The number of aliphatic hydroxyl groups is 2. The molecule has 0 aromatic rings. The van der Waals surface area contributed by atoms with Gasteiger partial charge in [0, 0.05) is 18.4 Å². The van der Waals surface area contributed by atoms with Gasteiger partial charge in [-0.15, -0.1) is 0 Å². The molecule has 1 rings (SSSR count). The van der Waals surface area contributed by atoms with Crippen LogP contribution < -0.4 is 0 Å². The highest BCUT2D eigenvalue weighted by Crippen LogP contribution is 2.35. The Morgan fingerprint density at radius 2 is 2.08 bits per heavy atom. The van der Waals surface area contributed by atoms with Crippen molar-refractivity contribution in [3.63, 3.8) is 0 Å². The maximum Gasteiger partial charge on any atom is 0.303 e. The maximum atomic E-state index is 13.2. The molecule has 0 heterocycles. The molecule has 1 fully saturated rings. The molecule has 3 N–H and O–H groups in total. The van der Waals surface area contributed by atoms with E-state index in [0.29, 0.717) is 0 Å². The van der Waals surface area contributed by atoms with Gasteiger partial charge in [0.2, 0.25) is 0 Å². The number of carboxylic acid groups (broad SMARTS) is 1. The van der Waals surface area contributed by atoms with Gasteiger partial charge in [-0.2, -0.15) is 0 Å². The minimum atomic E-state index is -1.52. The second-order valence-corrected chi connectivity index (χ2v) is 3.47. The van der Waals surface area contributed by atoms with Gasteiger partial charge in [-0.3, -0.25) is 4.79 Å². The predicted octanol–water partition coefficient (Wildman–Crippen LogP) is -0.211. The molecule has 4 atom stereocenters. The van der Waals surface area contributed by atoms with E-state index in [1.54, 1.807) is 0 Å². The van der Waals surface area contributed by atoms with Gasteiger partial charge in [0.05, 0.1) is 12.5 Å². The summed E-state index contributed by atoms with van der Waals surface area (Å²) in [4.78, 5) is 10.3. The Kier molecular flexibility index (Phi) is 3.22. The second-order valence-electron chi connectivity index (χ2n) is 3.47. The topological polar surface area (TPSA) is 77.8 Å². The summed E-state index contributed by atoms with van der Waals surface area (Å²) in [5.74, 6) is -2.25. The summed E-state index contributed by atoms with van der Waals surface area (Å²) in [5, 5.41) is 26.4. The van der Waals surface area contributed by atoms with Crippen molar-refractivity contribution in [2.75, 3.05) is 6.61 Å².